The van der Waals surface area contributed by atoms with Crippen molar-refractivity contribution in [3.8, 4) is 11.3 Å². The summed E-state index contributed by atoms with van der Waals surface area (Å²) in [5, 5.41) is 26.4. The molecule has 3 aromatic rings. The smallest absolute Gasteiger partial charge is 0.335 e. The minimum Gasteiger partial charge on any atom is -0.489 e. The number of hydrogen-bond acceptors (Lipinski definition) is 5. The fourth-order valence-corrected chi connectivity index (χ4v) is 6.64. The summed E-state index contributed by atoms with van der Waals surface area (Å²) < 4.78 is 11.9. The zero-order chi connectivity index (χ0) is 27.3. The average Bonchev–Trinajstić information content (AvgIpc) is 3.66. The van der Waals surface area contributed by atoms with E-state index in [4.69, 9.17) is 44.1 Å². The highest BCUT2D eigenvalue weighted by molar-refractivity contribution is 6.39. The second-order valence-corrected chi connectivity index (χ2v) is 11.8. The summed E-state index contributed by atoms with van der Waals surface area (Å²) in [5.41, 5.74) is 2.24. The third-order valence-corrected chi connectivity index (χ3v) is 8.97. The van der Waals surface area contributed by atoms with Crippen molar-refractivity contribution in [3.63, 3.8) is 0 Å². The predicted octanol–water partition coefficient (Wildman–Crippen LogP) is 8.08. The monoisotopic (exact) mass is 585 g/mol. The normalized spacial score (nSPS) is 24.5. The van der Waals surface area contributed by atoms with Gasteiger partial charge in [0.15, 0.2) is 0 Å². The van der Waals surface area contributed by atoms with E-state index in [9.17, 15) is 15.0 Å². The molecule has 2 saturated carbocycles. The van der Waals surface area contributed by atoms with E-state index < -0.39 is 11.6 Å². The molecular weight excluding hydrogens is 561 g/mol. The van der Waals surface area contributed by atoms with Crippen molar-refractivity contribution < 1.29 is 24.3 Å². The van der Waals surface area contributed by atoms with Gasteiger partial charge in [0, 0.05) is 22.4 Å². The van der Waals surface area contributed by atoms with Crippen LogP contribution in [0, 0.1) is 5.92 Å². The van der Waals surface area contributed by atoms with Gasteiger partial charge in [0.2, 0.25) is 0 Å². The van der Waals surface area contributed by atoms with Gasteiger partial charge in [0.05, 0.1) is 26.8 Å². The number of carbonyl (C=O) groups is 1. The number of rotatable bonds is 8. The van der Waals surface area contributed by atoms with Crippen molar-refractivity contribution in [2.24, 2.45) is 5.92 Å². The van der Waals surface area contributed by atoms with Crippen LogP contribution in [0.4, 0.5) is 0 Å². The van der Waals surface area contributed by atoms with Crippen molar-refractivity contribution in [3.05, 3.63) is 97.9 Å². The zero-order valence-corrected chi connectivity index (χ0v) is 23.1. The molecule has 0 aliphatic heterocycles. The molecule has 0 amide bonds. The van der Waals surface area contributed by atoms with Crippen molar-refractivity contribution in [2.45, 2.75) is 56.1 Å². The van der Waals surface area contributed by atoms with E-state index in [1.807, 2.05) is 12.1 Å². The van der Waals surface area contributed by atoms with Crippen LogP contribution >= 0.6 is 34.8 Å². The zero-order valence-electron chi connectivity index (χ0n) is 20.9. The van der Waals surface area contributed by atoms with Crippen molar-refractivity contribution in [1.29, 1.82) is 0 Å². The Morgan fingerprint density at radius 2 is 1.79 bits per heavy atom. The molecule has 0 spiro atoms. The standard InChI is InChI=1S/C30H26Cl3NO5/c31-23-5-2-6-24(32)26(23)27-21(28(39-34-27)16-7-8-16)15-38-20-9-10-22(25(33)12-20)30(37)13-19(14-30)17-3-1-4-18(11-17)29(35)36/h1-6,9,11-12,16,19,22,37H,7-8,10,13-15H2,(H,35,36). The maximum atomic E-state index is 11.3. The van der Waals surface area contributed by atoms with Gasteiger partial charge in [-0.1, -0.05) is 58.2 Å². The maximum Gasteiger partial charge on any atom is 0.335 e. The average molecular weight is 587 g/mol. The maximum absolute atomic E-state index is 11.3. The molecule has 1 unspecified atom stereocenters. The Hall–Kier alpha value is -2.77. The summed E-state index contributed by atoms with van der Waals surface area (Å²) in [5.74, 6) is 0.605. The van der Waals surface area contributed by atoms with Crippen LogP contribution in [0.1, 0.15) is 71.2 Å². The third-order valence-electron chi connectivity index (χ3n) is 7.97. The van der Waals surface area contributed by atoms with Gasteiger partial charge in [-0.3, -0.25) is 0 Å². The Morgan fingerprint density at radius 1 is 1.08 bits per heavy atom. The lowest BCUT2D eigenvalue weighted by Gasteiger charge is -2.49. The van der Waals surface area contributed by atoms with Crippen LogP contribution in [0.5, 0.6) is 0 Å². The van der Waals surface area contributed by atoms with E-state index in [-0.39, 0.29) is 24.0 Å². The molecule has 2 fully saturated rings. The van der Waals surface area contributed by atoms with Crippen molar-refractivity contribution >= 4 is 40.8 Å². The summed E-state index contributed by atoms with van der Waals surface area (Å²) in [6, 6.07) is 12.2. The van der Waals surface area contributed by atoms with Gasteiger partial charge in [0.1, 0.15) is 23.8 Å². The second kappa shape index (κ2) is 10.3. The molecule has 3 aliphatic carbocycles. The van der Waals surface area contributed by atoms with Gasteiger partial charge in [-0.25, -0.2) is 4.79 Å². The van der Waals surface area contributed by atoms with Crippen LogP contribution in [0.25, 0.3) is 11.3 Å². The van der Waals surface area contributed by atoms with Crippen LogP contribution in [0.15, 0.2) is 69.9 Å². The summed E-state index contributed by atoms with van der Waals surface area (Å²) in [7, 11) is 0. The largest absolute Gasteiger partial charge is 0.489 e. The molecule has 3 aliphatic rings. The van der Waals surface area contributed by atoms with E-state index in [1.54, 1.807) is 42.5 Å². The first kappa shape index (κ1) is 26.5. The summed E-state index contributed by atoms with van der Waals surface area (Å²) in [6.45, 7) is 0.218. The lowest BCUT2D eigenvalue weighted by molar-refractivity contribution is -0.0836. The van der Waals surface area contributed by atoms with E-state index in [0.717, 1.165) is 29.7 Å². The first-order chi connectivity index (χ1) is 18.7. The molecule has 2 aromatic carbocycles. The van der Waals surface area contributed by atoms with Gasteiger partial charge < -0.3 is 19.5 Å². The lowest BCUT2D eigenvalue weighted by Crippen LogP contribution is -2.49. The first-order valence-corrected chi connectivity index (χ1v) is 14.1. The summed E-state index contributed by atoms with van der Waals surface area (Å²) >= 11 is 19.6. The highest BCUT2D eigenvalue weighted by Gasteiger charge is 2.50. The van der Waals surface area contributed by atoms with E-state index in [0.29, 0.717) is 57.3 Å². The molecule has 9 heteroatoms. The first-order valence-electron chi connectivity index (χ1n) is 12.9. The molecule has 39 heavy (non-hydrogen) atoms. The van der Waals surface area contributed by atoms with Gasteiger partial charge in [-0.15, -0.1) is 0 Å². The minimum absolute atomic E-state index is 0.0879. The summed E-state index contributed by atoms with van der Waals surface area (Å²) in [4.78, 5) is 11.3. The highest BCUT2D eigenvalue weighted by Crippen LogP contribution is 2.53. The number of aliphatic hydroxyl groups is 1. The molecule has 202 valence electrons. The Balaban J connectivity index is 1.14. The molecule has 1 aromatic heterocycles. The van der Waals surface area contributed by atoms with Crippen LogP contribution in [0.2, 0.25) is 10.0 Å². The number of aromatic carboxylic acids is 1. The van der Waals surface area contributed by atoms with Gasteiger partial charge in [-0.2, -0.15) is 0 Å². The number of aromatic nitrogens is 1. The number of nitrogens with zero attached hydrogens (tertiary/aromatic N) is 1. The Morgan fingerprint density at radius 3 is 2.46 bits per heavy atom. The lowest BCUT2D eigenvalue weighted by atomic mass is 9.61. The van der Waals surface area contributed by atoms with E-state index in [1.165, 1.54) is 0 Å². The van der Waals surface area contributed by atoms with Crippen LogP contribution in [-0.4, -0.2) is 26.9 Å². The second-order valence-electron chi connectivity index (χ2n) is 10.6. The van der Waals surface area contributed by atoms with Gasteiger partial charge in [-0.05, 0) is 80.0 Å². The number of carboxylic acids is 1. The van der Waals surface area contributed by atoms with Gasteiger partial charge >= 0.3 is 5.97 Å². The topological polar surface area (TPSA) is 92.8 Å². The fourth-order valence-electron chi connectivity index (χ4n) is 5.66. The number of ether oxygens (including phenoxy) is 1. The molecule has 6 nitrogen and oxygen atoms in total. The number of carboxylic acid groups (broad SMARTS) is 1. The quantitative estimate of drug-likeness (QED) is 0.277. The minimum atomic E-state index is -0.958. The van der Waals surface area contributed by atoms with Crippen LogP contribution in [-0.2, 0) is 11.3 Å². The number of halogens is 3. The molecule has 0 radical (unpaired) electrons. The van der Waals surface area contributed by atoms with E-state index >= 15 is 0 Å². The molecule has 0 saturated heterocycles. The molecule has 2 N–H and O–H groups in total. The highest BCUT2D eigenvalue weighted by atomic mass is 35.5. The number of hydrogen-bond donors (Lipinski definition) is 2. The van der Waals surface area contributed by atoms with Crippen molar-refractivity contribution in [1.82, 2.24) is 5.16 Å². The Labute approximate surface area is 240 Å². The van der Waals surface area contributed by atoms with E-state index in [2.05, 4.69) is 5.16 Å². The molecular formula is C30H26Cl3NO5. The number of benzene rings is 2. The van der Waals surface area contributed by atoms with Crippen LogP contribution in [0.3, 0.4) is 0 Å². The third kappa shape index (κ3) is 5.11. The van der Waals surface area contributed by atoms with Crippen molar-refractivity contribution in [2.75, 3.05) is 0 Å². The summed E-state index contributed by atoms with van der Waals surface area (Å²) in [6.07, 6.45) is 7.34. The fraction of sp³-hybridized carbons (Fsp3) is 0.333. The Kier molecular flexibility index (Phi) is 7.00. The molecule has 1 heterocycles. The SMILES string of the molecule is O=C(O)c1cccc(C2CC(O)(C3CC=C(OCc4c(-c5c(Cl)cccc5Cl)noc4C4CC4)C=C3Cl)C2)c1. The van der Waals surface area contributed by atoms with Gasteiger partial charge in [0.25, 0.3) is 0 Å². The molecule has 0 bridgehead atoms. The molecule has 1 atom stereocenters. The predicted molar refractivity (Wildman–Crippen MR) is 149 cm³/mol. The van der Waals surface area contributed by atoms with Crippen LogP contribution < -0.4 is 0 Å². The molecule has 6 rings (SSSR count). The number of allylic oxidation sites excluding steroid dienone is 2. The Bertz CT molecular complexity index is 1480.